The van der Waals surface area contributed by atoms with Crippen LogP contribution < -0.4 is 16.0 Å². The van der Waals surface area contributed by atoms with E-state index in [1.165, 1.54) is 18.2 Å². The van der Waals surface area contributed by atoms with Crippen molar-refractivity contribution in [2.45, 2.75) is 0 Å². The Balaban J connectivity index is 0.823. The van der Waals surface area contributed by atoms with Gasteiger partial charge in [0.15, 0.2) is 0 Å². The van der Waals surface area contributed by atoms with Crippen molar-refractivity contribution in [3.63, 3.8) is 0 Å². The number of hydrogen-bond donors (Lipinski definition) is 3. The number of nitrogens with one attached hydrogen (secondary N) is 3. The number of rotatable bonds is 15. The summed E-state index contributed by atoms with van der Waals surface area (Å²) in [5.41, 5.74) is 12.0. The molecule has 0 aliphatic heterocycles. The quantitative estimate of drug-likeness (QED) is 0.0874. The number of nitrogens with zero attached hydrogens (tertiary/aromatic N) is 6. The average Bonchev–Trinajstić information content (AvgIpc) is 3.47. The predicted molar refractivity (Wildman–Crippen MR) is 298 cm³/mol. The first-order valence-corrected chi connectivity index (χ1v) is 23.9. The van der Waals surface area contributed by atoms with Gasteiger partial charge in [0, 0.05) is 33.8 Å². The molecule has 3 N–H and O–H groups in total. The van der Waals surface area contributed by atoms with Crippen LogP contribution in [0.5, 0.6) is 0 Å². The maximum Gasteiger partial charge on any atom is 0.255 e. The Bertz CT molecular complexity index is 3260. The summed E-state index contributed by atoms with van der Waals surface area (Å²) >= 11 is 0. The molecule has 0 aliphatic carbocycles. The smallest absolute Gasteiger partial charge is 0.255 e. The van der Waals surface area contributed by atoms with Gasteiger partial charge in [-0.05, 0) is 161 Å². The van der Waals surface area contributed by atoms with Gasteiger partial charge in [-0.1, -0.05) is 127 Å². The first-order valence-electron chi connectivity index (χ1n) is 23.9. The molecule has 12 nitrogen and oxygen atoms in total. The number of hydrogen-bond acceptors (Lipinski definition) is 9. The number of carbonyl (C=O) groups excluding carboxylic acids is 3. The summed E-state index contributed by atoms with van der Waals surface area (Å²) in [5, 5.41) is 34.9. The number of azo groups is 3. The van der Waals surface area contributed by atoms with Crippen molar-refractivity contribution in [1.29, 1.82) is 0 Å². The molecule has 10 aromatic rings. The molecule has 0 atom stereocenters. The van der Waals surface area contributed by atoms with E-state index in [1.54, 1.807) is 72.8 Å². The highest BCUT2D eigenvalue weighted by Crippen LogP contribution is 2.29. The van der Waals surface area contributed by atoms with Gasteiger partial charge in [0.25, 0.3) is 17.7 Å². The first kappa shape index (κ1) is 48.1. The Hall–Kier alpha value is -10.6. The summed E-state index contributed by atoms with van der Waals surface area (Å²) < 4.78 is 0. The molecular formula is C63H45N9O3. The lowest BCUT2D eigenvalue weighted by Crippen LogP contribution is -2.19. The van der Waals surface area contributed by atoms with Crippen LogP contribution in [0.15, 0.2) is 285 Å². The minimum atomic E-state index is -0.541. The first-order chi connectivity index (χ1) is 36.8. The van der Waals surface area contributed by atoms with Gasteiger partial charge in [-0.2, -0.15) is 30.7 Å². The van der Waals surface area contributed by atoms with E-state index in [1.807, 2.05) is 127 Å². The Morgan fingerprint density at radius 3 is 0.627 bits per heavy atom. The van der Waals surface area contributed by atoms with Crippen molar-refractivity contribution in [2.75, 3.05) is 16.0 Å². The van der Waals surface area contributed by atoms with E-state index in [0.29, 0.717) is 51.2 Å². The van der Waals surface area contributed by atoms with Crippen LogP contribution in [-0.4, -0.2) is 17.7 Å². The molecule has 0 fully saturated rings. The van der Waals surface area contributed by atoms with E-state index < -0.39 is 17.7 Å². The van der Waals surface area contributed by atoms with Crippen LogP contribution in [0.2, 0.25) is 0 Å². The third-order valence-corrected chi connectivity index (χ3v) is 11.9. The highest BCUT2D eigenvalue weighted by atomic mass is 16.2. The standard InChI is InChI=1S/C63H45N9O3/c73-61(64-52-28-34-58(35-29-52)70-67-55-22-16-46(17-23-55)43-10-4-1-5-11-43)49-40-50(62(74)65-53-30-36-59(37-31-53)71-68-56-24-18-47(19-25-56)44-12-6-2-7-13-44)42-51(41-49)63(75)66-54-32-38-60(39-33-54)72-69-57-26-20-48(21-27-57)45-14-8-3-9-15-45/h1-42H,(H,64,73)(H,65,74)(H,66,75). The van der Waals surface area contributed by atoms with Crippen molar-refractivity contribution in [1.82, 2.24) is 0 Å². The van der Waals surface area contributed by atoms with Crippen molar-refractivity contribution in [2.24, 2.45) is 30.7 Å². The van der Waals surface area contributed by atoms with E-state index in [9.17, 15) is 14.4 Å². The number of anilines is 3. The highest BCUT2D eigenvalue weighted by Gasteiger charge is 2.18. The largest absolute Gasteiger partial charge is 0.322 e. The Kier molecular flexibility index (Phi) is 14.8. The lowest BCUT2D eigenvalue weighted by atomic mass is 10.0. The molecule has 0 heterocycles. The van der Waals surface area contributed by atoms with E-state index in [-0.39, 0.29) is 16.7 Å². The van der Waals surface area contributed by atoms with Crippen LogP contribution in [0.4, 0.5) is 51.2 Å². The van der Waals surface area contributed by atoms with Crippen LogP contribution in [0, 0.1) is 0 Å². The Labute approximate surface area is 433 Å². The van der Waals surface area contributed by atoms with Crippen LogP contribution in [-0.2, 0) is 0 Å². The molecule has 0 spiro atoms. The Morgan fingerprint density at radius 1 is 0.227 bits per heavy atom. The van der Waals surface area contributed by atoms with E-state index in [4.69, 9.17) is 0 Å². The van der Waals surface area contributed by atoms with Gasteiger partial charge in [-0.3, -0.25) is 14.4 Å². The summed E-state index contributed by atoms with van der Waals surface area (Å²) in [6.45, 7) is 0. The number of amides is 3. The van der Waals surface area contributed by atoms with Crippen molar-refractivity contribution in [3.05, 3.63) is 271 Å². The second kappa shape index (κ2) is 23.1. The van der Waals surface area contributed by atoms with Gasteiger partial charge in [-0.15, -0.1) is 0 Å². The lowest BCUT2D eigenvalue weighted by Gasteiger charge is -2.12. The van der Waals surface area contributed by atoms with Crippen LogP contribution >= 0.6 is 0 Å². The van der Waals surface area contributed by atoms with Gasteiger partial charge in [0.05, 0.1) is 34.1 Å². The topological polar surface area (TPSA) is 161 Å². The van der Waals surface area contributed by atoms with Gasteiger partial charge in [0.1, 0.15) is 0 Å². The van der Waals surface area contributed by atoms with Gasteiger partial charge < -0.3 is 16.0 Å². The van der Waals surface area contributed by atoms with E-state index in [2.05, 4.69) is 83.0 Å². The highest BCUT2D eigenvalue weighted by molar-refractivity contribution is 6.13. The third-order valence-electron chi connectivity index (χ3n) is 11.9. The van der Waals surface area contributed by atoms with Crippen molar-refractivity contribution < 1.29 is 14.4 Å². The second-order valence-electron chi connectivity index (χ2n) is 17.1. The van der Waals surface area contributed by atoms with Crippen molar-refractivity contribution >= 4 is 68.9 Å². The second-order valence-corrected chi connectivity index (χ2v) is 17.1. The molecule has 3 amide bonds. The molecule has 0 aliphatic rings. The van der Waals surface area contributed by atoms with Crippen LogP contribution in [0.3, 0.4) is 0 Å². The third kappa shape index (κ3) is 12.9. The van der Waals surface area contributed by atoms with Crippen molar-refractivity contribution in [3.8, 4) is 33.4 Å². The zero-order valence-electron chi connectivity index (χ0n) is 40.2. The SMILES string of the molecule is O=C(Nc1ccc(N=Nc2ccc(-c3ccccc3)cc2)cc1)c1cc(C(=O)Nc2ccc(N=Nc3ccc(-c4ccccc4)cc3)cc2)cc(C(=O)Nc2ccc(N=Nc3ccc(-c4ccccc4)cc3)cc2)c1. The normalized spacial score (nSPS) is 11.2. The molecule has 0 aromatic heterocycles. The molecule has 0 unspecified atom stereocenters. The van der Waals surface area contributed by atoms with Gasteiger partial charge in [-0.25, -0.2) is 0 Å². The minimum Gasteiger partial charge on any atom is -0.322 e. The molecule has 0 saturated heterocycles. The summed E-state index contributed by atoms with van der Waals surface area (Å²) in [6.07, 6.45) is 0. The monoisotopic (exact) mass is 975 g/mol. The molecule has 75 heavy (non-hydrogen) atoms. The van der Waals surface area contributed by atoms with E-state index in [0.717, 1.165) is 33.4 Å². The molecule has 0 bridgehead atoms. The van der Waals surface area contributed by atoms with Crippen LogP contribution in [0.25, 0.3) is 33.4 Å². The summed E-state index contributed by atoms with van der Waals surface area (Å²) in [7, 11) is 0. The predicted octanol–water partition coefficient (Wildman–Crippen LogP) is 17.7. The van der Waals surface area contributed by atoms with Gasteiger partial charge in [0.2, 0.25) is 0 Å². The molecule has 10 rings (SSSR count). The van der Waals surface area contributed by atoms with Crippen LogP contribution in [0.1, 0.15) is 31.1 Å². The number of benzene rings is 10. The molecule has 10 aromatic carbocycles. The fraction of sp³-hybridized carbons (Fsp3) is 0. The average molecular weight is 976 g/mol. The summed E-state index contributed by atoms with van der Waals surface area (Å²) in [6, 6.07) is 78.5. The zero-order chi connectivity index (χ0) is 51.2. The fourth-order valence-corrected chi connectivity index (χ4v) is 7.86. The zero-order valence-corrected chi connectivity index (χ0v) is 40.2. The maximum absolute atomic E-state index is 13.9. The Morgan fingerprint density at radius 2 is 0.413 bits per heavy atom. The fourth-order valence-electron chi connectivity index (χ4n) is 7.86. The number of carbonyl (C=O) groups is 3. The molecule has 12 heteroatoms. The lowest BCUT2D eigenvalue weighted by molar-refractivity contribution is 0.102. The molecule has 0 saturated carbocycles. The van der Waals surface area contributed by atoms with Gasteiger partial charge >= 0.3 is 0 Å². The summed E-state index contributed by atoms with van der Waals surface area (Å²) in [4.78, 5) is 41.8. The maximum atomic E-state index is 13.9. The summed E-state index contributed by atoms with van der Waals surface area (Å²) in [5.74, 6) is -1.62. The molecule has 360 valence electrons. The molecule has 0 radical (unpaired) electrons. The van der Waals surface area contributed by atoms with E-state index >= 15 is 0 Å². The molecular weight excluding hydrogens is 931 g/mol. The minimum absolute atomic E-state index is 0.0793.